The average Bonchev–Trinajstić information content (AvgIpc) is 3.43. The predicted octanol–water partition coefficient (Wildman–Crippen LogP) is 4.68. The van der Waals surface area contributed by atoms with E-state index in [1.165, 1.54) is 18.4 Å². The molecule has 160 valence electrons. The van der Waals surface area contributed by atoms with Gasteiger partial charge >= 0.3 is 6.18 Å². The van der Waals surface area contributed by atoms with Crippen LogP contribution in [-0.2, 0) is 11.0 Å². The van der Waals surface area contributed by atoms with Crippen molar-refractivity contribution in [1.82, 2.24) is 4.98 Å². The van der Waals surface area contributed by atoms with Crippen LogP contribution in [0.3, 0.4) is 0 Å². The third-order valence-corrected chi connectivity index (χ3v) is 5.08. The number of nitriles is 1. The highest BCUT2D eigenvalue weighted by Gasteiger charge is 2.31. The number of halogens is 3. The van der Waals surface area contributed by atoms with E-state index in [4.69, 9.17) is 8.83 Å². The smallest absolute Gasteiger partial charge is 0.416 e. The minimum Gasteiger partial charge on any atom is -0.459 e. The number of hydrogen-bond donors (Lipinski definition) is 1. The minimum atomic E-state index is -4.42. The summed E-state index contributed by atoms with van der Waals surface area (Å²) < 4.78 is 48.9. The maximum atomic E-state index is 12.7. The van der Waals surface area contributed by atoms with Crippen molar-refractivity contribution in [2.45, 2.75) is 19.0 Å². The molecule has 31 heavy (non-hydrogen) atoms. The summed E-state index contributed by atoms with van der Waals surface area (Å²) in [4.78, 5) is 18.5. The fourth-order valence-electron chi connectivity index (χ4n) is 3.44. The zero-order chi connectivity index (χ0) is 22.0. The van der Waals surface area contributed by atoms with Crippen LogP contribution in [0.2, 0.25) is 0 Å². The zero-order valence-electron chi connectivity index (χ0n) is 16.1. The van der Waals surface area contributed by atoms with Gasteiger partial charge in [-0.1, -0.05) is 0 Å². The zero-order valence-corrected chi connectivity index (χ0v) is 16.1. The summed E-state index contributed by atoms with van der Waals surface area (Å²) in [6, 6.07) is 9.71. The van der Waals surface area contributed by atoms with Crippen molar-refractivity contribution in [1.29, 1.82) is 5.26 Å². The fourth-order valence-corrected chi connectivity index (χ4v) is 3.44. The van der Waals surface area contributed by atoms with Gasteiger partial charge in [0.15, 0.2) is 5.76 Å². The van der Waals surface area contributed by atoms with E-state index in [0.29, 0.717) is 43.3 Å². The normalized spacial score (nSPS) is 15.0. The van der Waals surface area contributed by atoms with Crippen molar-refractivity contribution < 1.29 is 26.8 Å². The number of alkyl halides is 3. The molecular formula is C21H17F3N4O3. The van der Waals surface area contributed by atoms with Crippen LogP contribution in [0.4, 0.5) is 24.7 Å². The van der Waals surface area contributed by atoms with Gasteiger partial charge in [-0.05, 0) is 49.2 Å². The summed E-state index contributed by atoms with van der Waals surface area (Å²) >= 11 is 0. The number of piperidine rings is 1. The number of nitrogens with one attached hydrogen (secondary N) is 1. The Morgan fingerprint density at radius 1 is 1.19 bits per heavy atom. The van der Waals surface area contributed by atoms with Crippen LogP contribution >= 0.6 is 0 Å². The Kier molecular flexibility index (Phi) is 5.42. The summed E-state index contributed by atoms with van der Waals surface area (Å²) in [6.45, 7) is 0.930. The third kappa shape index (κ3) is 4.40. The molecule has 1 N–H and O–H groups in total. The minimum absolute atomic E-state index is 0.138. The maximum Gasteiger partial charge on any atom is 0.416 e. The first-order chi connectivity index (χ1) is 14.8. The SMILES string of the molecule is N#Cc1nc(-c2ccco2)oc1N1CCC(C(=O)Nc2ccc(C(F)(F)F)cc2)CC1. The number of aromatic nitrogens is 1. The van der Waals surface area contributed by atoms with Gasteiger partial charge < -0.3 is 19.1 Å². The van der Waals surface area contributed by atoms with Crippen LogP contribution < -0.4 is 10.2 Å². The van der Waals surface area contributed by atoms with Crippen molar-refractivity contribution in [3.8, 4) is 17.7 Å². The lowest BCUT2D eigenvalue weighted by atomic mass is 9.95. The number of rotatable bonds is 4. The third-order valence-electron chi connectivity index (χ3n) is 5.08. The first kappa shape index (κ1) is 20.5. The molecule has 0 spiro atoms. The van der Waals surface area contributed by atoms with E-state index >= 15 is 0 Å². The highest BCUT2D eigenvalue weighted by molar-refractivity contribution is 5.92. The summed E-state index contributed by atoms with van der Waals surface area (Å²) in [5, 5.41) is 12.0. The first-order valence-corrected chi connectivity index (χ1v) is 9.53. The van der Waals surface area contributed by atoms with Crippen molar-refractivity contribution in [3.63, 3.8) is 0 Å². The van der Waals surface area contributed by atoms with Crippen molar-refractivity contribution in [2.24, 2.45) is 5.92 Å². The molecule has 3 heterocycles. The number of hydrogen-bond acceptors (Lipinski definition) is 6. The Labute approximate surface area is 175 Å². The van der Waals surface area contributed by atoms with Crippen LogP contribution in [0.25, 0.3) is 11.7 Å². The molecule has 3 aromatic rings. The molecule has 1 amide bonds. The monoisotopic (exact) mass is 430 g/mol. The number of nitrogens with zero attached hydrogens (tertiary/aromatic N) is 3. The molecule has 0 saturated carbocycles. The first-order valence-electron chi connectivity index (χ1n) is 9.53. The second-order valence-corrected chi connectivity index (χ2v) is 7.09. The largest absolute Gasteiger partial charge is 0.459 e. The van der Waals surface area contributed by atoms with E-state index in [1.54, 1.807) is 12.1 Å². The van der Waals surface area contributed by atoms with E-state index in [1.807, 2.05) is 11.0 Å². The Bertz CT molecular complexity index is 1090. The highest BCUT2D eigenvalue weighted by Crippen LogP contribution is 2.32. The van der Waals surface area contributed by atoms with Gasteiger partial charge in [0.2, 0.25) is 17.5 Å². The molecule has 0 aliphatic carbocycles. The second-order valence-electron chi connectivity index (χ2n) is 7.09. The molecule has 1 aliphatic rings. The molecule has 0 bridgehead atoms. The number of amides is 1. The van der Waals surface area contributed by atoms with Crippen LogP contribution in [0.1, 0.15) is 24.1 Å². The molecular weight excluding hydrogens is 413 g/mol. The Balaban J connectivity index is 1.38. The van der Waals surface area contributed by atoms with Gasteiger partial charge in [-0.2, -0.15) is 23.4 Å². The Morgan fingerprint density at radius 2 is 1.90 bits per heavy atom. The fraction of sp³-hybridized carbons (Fsp3) is 0.286. The molecule has 7 nitrogen and oxygen atoms in total. The number of carbonyl (C=O) groups excluding carboxylic acids is 1. The number of anilines is 2. The number of furan rings is 1. The van der Waals surface area contributed by atoms with Crippen molar-refractivity contribution >= 4 is 17.5 Å². The van der Waals surface area contributed by atoms with E-state index in [-0.39, 0.29) is 23.4 Å². The molecule has 1 aliphatic heterocycles. The van der Waals surface area contributed by atoms with Gasteiger partial charge in [0, 0.05) is 24.7 Å². The highest BCUT2D eigenvalue weighted by atomic mass is 19.4. The van der Waals surface area contributed by atoms with E-state index < -0.39 is 11.7 Å². The molecule has 0 atom stereocenters. The molecule has 10 heteroatoms. The molecule has 0 unspecified atom stereocenters. The molecule has 0 radical (unpaired) electrons. The Morgan fingerprint density at radius 3 is 2.48 bits per heavy atom. The van der Waals surface area contributed by atoms with Crippen LogP contribution in [0.15, 0.2) is 51.5 Å². The van der Waals surface area contributed by atoms with Gasteiger partial charge in [0.1, 0.15) is 6.07 Å². The molecule has 1 aromatic carbocycles. The summed E-state index contributed by atoms with van der Waals surface area (Å²) in [5.41, 5.74) is -0.322. The molecule has 1 fully saturated rings. The van der Waals surface area contributed by atoms with E-state index in [2.05, 4.69) is 10.3 Å². The topological polar surface area (TPSA) is 95.3 Å². The molecule has 4 rings (SSSR count). The molecule has 1 saturated heterocycles. The lowest BCUT2D eigenvalue weighted by molar-refractivity contribution is -0.137. The number of benzene rings is 1. The average molecular weight is 430 g/mol. The van der Waals surface area contributed by atoms with Gasteiger partial charge in [-0.3, -0.25) is 4.79 Å². The summed E-state index contributed by atoms with van der Waals surface area (Å²) in [5.74, 6) is 0.382. The summed E-state index contributed by atoms with van der Waals surface area (Å²) in [6.07, 6.45) is -1.95. The van der Waals surface area contributed by atoms with Crippen molar-refractivity contribution in [2.75, 3.05) is 23.3 Å². The van der Waals surface area contributed by atoms with Gasteiger partial charge in [0.25, 0.3) is 5.89 Å². The Hall–Kier alpha value is -3.74. The number of carbonyl (C=O) groups is 1. The van der Waals surface area contributed by atoms with Crippen LogP contribution in [0, 0.1) is 17.2 Å². The number of oxazole rings is 1. The van der Waals surface area contributed by atoms with Gasteiger partial charge in [-0.15, -0.1) is 0 Å². The quantitative estimate of drug-likeness (QED) is 0.646. The van der Waals surface area contributed by atoms with Gasteiger partial charge in [-0.25, -0.2) is 0 Å². The van der Waals surface area contributed by atoms with Crippen LogP contribution in [0.5, 0.6) is 0 Å². The van der Waals surface area contributed by atoms with Crippen LogP contribution in [-0.4, -0.2) is 24.0 Å². The lowest BCUT2D eigenvalue weighted by Gasteiger charge is -2.31. The maximum absolute atomic E-state index is 12.7. The standard InChI is InChI=1S/C21H17F3N4O3/c22-21(23,24)14-3-5-15(6-4-14)26-18(29)13-7-9-28(10-8-13)20-16(12-25)27-19(31-20)17-2-1-11-30-17/h1-6,11,13H,7-10H2,(H,26,29). The van der Waals surface area contributed by atoms with E-state index in [9.17, 15) is 23.2 Å². The van der Waals surface area contributed by atoms with Gasteiger partial charge in [0.05, 0.1) is 11.8 Å². The second kappa shape index (κ2) is 8.18. The van der Waals surface area contributed by atoms with Crippen molar-refractivity contribution in [3.05, 3.63) is 53.9 Å². The predicted molar refractivity (Wildman–Crippen MR) is 104 cm³/mol. The molecule has 2 aromatic heterocycles. The lowest BCUT2D eigenvalue weighted by Crippen LogP contribution is -2.38. The van der Waals surface area contributed by atoms with E-state index in [0.717, 1.165) is 12.1 Å². The summed E-state index contributed by atoms with van der Waals surface area (Å²) in [7, 11) is 0.